The van der Waals surface area contributed by atoms with Crippen molar-refractivity contribution in [2.45, 2.75) is 53.9 Å². The van der Waals surface area contributed by atoms with E-state index in [1.165, 1.54) is 11.1 Å². The lowest BCUT2D eigenvalue weighted by Crippen LogP contribution is -2.35. The molecule has 1 atom stereocenters. The van der Waals surface area contributed by atoms with Crippen LogP contribution < -0.4 is 0 Å². The van der Waals surface area contributed by atoms with Crippen molar-refractivity contribution >= 4 is 5.78 Å². The van der Waals surface area contributed by atoms with Gasteiger partial charge in [-0.3, -0.25) is 4.79 Å². The molecule has 0 saturated carbocycles. The van der Waals surface area contributed by atoms with Gasteiger partial charge in [-0.1, -0.05) is 38.0 Å². The van der Waals surface area contributed by atoms with Gasteiger partial charge in [-0.2, -0.15) is 0 Å². The number of hydrogen-bond acceptors (Lipinski definition) is 1. The molecule has 0 heterocycles. The lowest BCUT2D eigenvalue weighted by molar-refractivity contribution is -0.120. The summed E-state index contributed by atoms with van der Waals surface area (Å²) in [5, 5.41) is 0. The average molecular weight is 220 g/mol. The van der Waals surface area contributed by atoms with Crippen LogP contribution in [0.25, 0.3) is 0 Å². The van der Waals surface area contributed by atoms with Crippen LogP contribution in [0.15, 0.2) is 23.3 Å². The van der Waals surface area contributed by atoms with E-state index in [-0.39, 0.29) is 17.1 Å². The number of carbonyl (C=O) groups is 1. The Balaban J connectivity index is 3.15. The summed E-state index contributed by atoms with van der Waals surface area (Å²) in [7, 11) is 0. The summed E-state index contributed by atoms with van der Waals surface area (Å²) in [6, 6.07) is 0. The van der Waals surface area contributed by atoms with Crippen LogP contribution in [-0.2, 0) is 4.79 Å². The molecule has 0 radical (unpaired) electrons. The van der Waals surface area contributed by atoms with Gasteiger partial charge in [0.05, 0.1) is 0 Å². The molecule has 0 fully saturated rings. The maximum Gasteiger partial charge on any atom is 0.163 e. The maximum absolute atomic E-state index is 12.2. The molecule has 1 unspecified atom stereocenters. The van der Waals surface area contributed by atoms with E-state index in [1.807, 2.05) is 13.0 Å². The summed E-state index contributed by atoms with van der Waals surface area (Å²) in [5.74, 6) is 0.380. The SMILES string of the molecule is C/C=C/C(=O)C1C(CC)=C(C)CCC1(C)C. The molecule has 1 heteroatoms. The van der Waals surface area contributed by atoms with Gasteiger partial charge in [0.2, 0.25) is 0 Å². The van der Waals surface area contributed by atoms with E-state index < -0.39 is 0 Å². The summed E-state index contributed by atoms with van der Waals surface area (Å²) in [4.78, 5) is 12.2. The third-order valence-electron chi connectivity index (χ3n) is 3.82. The molecule has 1 aliphatic rings. The molecule has 0 amide bonds. The number of ketones is 1. The fraction of sp³-hybridized carbons (Fsp3) is 0.667. The van der Waals surface area contributed by atoms with Crippen molar-refractivity contribution in [2.75, 3.05) is 0 Å². The molecular weight excluding hydrogens is 196 g/mol. The van der Waals surface area contributed by atoms with Crippen LogP contribution in [-0.4, -0.2) is 5.78 Å². The lowest BCUT2D eigenvalue weighted by atomic mass is 9.64. The molecule has 0 bridgehead atoms. The summed E-state index contributed by atoms with van der Waals surface area (Å²) in [6.07, 6.45) is 6.87. The number of hydrogen-bond donors (Lipinski definition) is 0. The molecule has 1 aliphatic carbocycles. The predicted octanol–water partition coefficient (Wildman–Crippen LogP) is 4.29. The van der Waals surface area contributed by atoms with Crippen molar-refractivity contribution in [3.05, 3.63) is 23.3 Å². The normalized spacial score (nSPS) is 25.2. The molecule has 0 aromatic heterocycles. The van der Waals surface area contributed by atoms with Crippen molar-refractivity contribution in [3.8, 4) is 0 Å². The number of carbonyl (C=O) groups excluding carboxylic acids is 1. The first-order chi connectivity index (χ1) is 7.44. The van der Waals surface area contributed by atoms with Crippen molar-refractivity contribution in [1.29, 1.82) is 0 Å². The number of allylic oxidation sites excluding steroid dienone is 4. The summed E-state index contributed by atoms with van der Waals surface area (Å²) >= 11 is 0. The molecule has 1 nitrogen and oxygen atoms in total. The van der Waals surface area contributed by atoms with E-state index in [0.717, 1.165) is 19.3 Å². The summed E-state index contributed by atoms with van der Waals surface area (Å²) in [5.41, 5.74) is 2.92. The van der Waals surface area contributed by atoms with E-state index in [0.29, 0.717) is 0 Å². The minimum Gasteiger partial charge on any atom is -0.294 e. The second-order valence-electron chi connectivity index (χ2n) is 5.48. The van der Waals surface area contributed by atoms with E-state index in [1.54, 1.807) is 6.08 Å². The predicted molar refractivity (Wildman–Crippen MR) is 69.3 cm³/mol. The topological polar surface area (TPSA) is 17.1 Å². The fourth-order valence-electron chi connectivity index (χ4n) is 2.86. The van der Waals surface area contributed by atoms with Crippen LogP contribution in [0, 0.1) is 11.3 Å². The first-order valence-electron chi connectivity index (χ1n) is 6.29. The van der Waals surface area contributed by atoms with Gasteiger partial charge in [0, 0.05) is 5.92 Å². The van der Waals surface area contributed by atoms with Crippen LogP contribution >= 0.6 is 0 Å². The van der Waals surface area contributed by atoms with Crippen molar-refractivity contribution in [3.63, 3.8) is 0 Å². The van der Waals surface area contributed by atoms with Gasteiger partial charge in [-0.05, 0) is 44.6 Å². The van der Waals surface area contributed by atoms with Crippen molar-refractivity contribution in [1.82, 2.24) is 0 Å². The van der Waals surface area contributed by atoms with E-state index in [4.69, 9.17) is 0 Å². The smallest absolute Gasteiger partial charge is 0.163 e. The number of rotatable bonds is 3. The fourth-order valence-corrected chi connectivity index (χ4v) is 2.86. The van der Waals surface area contributed by atoms with Crippen LogP contribution in [0.4, 0.5) is 0 Å². The second-order valence-corrected chi connectivity index (χ2v) is 5.48. The summed E-state index contributed by atoms with van der Waals surface area (Å²) < 4.78 is 0. The van der Waals surface area contributed by atoms with Gasteiger partial charge >= 0.3 is 0 Å². The van der Waals surface area contributed by atoms with Crippen LogP contribution in [0.2, 0.25) is 0 Å². The first kappa shape index (κ1) is 13.2. The van der Waals surface area contributed by atoms with Crippen molar-refractivity contribution in [2.24, 2.45) is 11.3 Å². The van der Waals surface area contributed by atoms with Gasteiger partial charge in [-0.25, -0.2) is 0 Å². The molecule has 0 aromatic carbocycles. The quantitative estimate of drug-likeness (QED) is 0.512. The summed E-state index contributed by atoms with van der Waals surface area (Å²) in [6.45, 7) is 10.7. The molecule has 90 valence electrons. The van der Waals surface area contributed by atoms with Gasteiger partial charge in [0.15, 0.2) is 5.78 Å². The van der Waals surface area contributed by atoms with E-state index in [2.05, 4.69) is 27.7 Å². The third kappa shape index (κ3) is 2.45. The molecule has 0 N–H and O–H groups in total. The van der Waals surface area contributed by atoms with Gasteiger partial charge in [0.1, 0.15) is 0 Å². The minimum absolute atomic E-state index is 0.0995. The van der Waals surface area contributed by atoms with Crippen LogP contribution in [0.1, 0.15) is 53.9 Å². The van der Waals surface area contributed by atoms with Crippen LogP contribution in [0.5, 0.6) is 0 Å². The Morgan fingerprint density at radius 2 is 2.12 bits per heavy atom. The van der Waals surface area contributed by atoms with Gasteiger partial charge in [0.25, 0.3) is 0 Å². The largest absolute Gasteiger partial charge is 0.294 e. The molecule has 1 rings (SSSR count). The minimum atomic E-state index is 0.0995. The standard InChI is InChI=1S/C15H24O/c1-6-8-13(16)14-12(7-2)11(3)9-10-15(14,4)5/h6,8,14H,7,9-10H2,1-5H3/b8-6+. The van der Waals surface area contributed by atoms with Crippen molar-refractivity contribution < 1.29 is 4.79 Å². The molecule has 0 aliphatic heterocycles. The lowest BCUT2D eigenvalue weighted by Gasteiger charge is -2.39. The Bertz CT molecular complexity index is 331. The Kier molecular flexibility index (Phi) is 4.12. The van der Waals surface area contributed by atoms with E-state index in [9.17, 15) is 4.79 Å². The Morgan fingerprint density at radius 3 is 2.62 bits per heavy atom. The second kappa shape index (κ2) is 4.99. The van der Waals surface area contributed by atoms with Gasteiger partial charge in [-0.15, -0.1) is 0 Å². The zero-order valence-corrected chi connectivity index (χ0v) is 11.3. The van der Waals surface area contributed by atoms with Crippen LogP contribution in [0.3, 0.4) is 0 Å². The highest BCUT2D eigenvalue weighted by atomic mass is 16.1. The molecular formula is C15H24O. The monoisotopic (exact) mass is 220 g/mol. The molecule has 0 spiro atoms. The zero-order valence-electron chi connectivity index (χ0n) is 11.3. The third-order valence-corrected chi connectivity index (χ3v) is 3.82. The highest BCUT2D eigenvalue weighted by Crippen LogP contribution is 2.45. The zero-order chi connectivity index (χ0) is 12.3. The molecule has 0 aromatic rings. The Hall–Kier alpha value is -0.850. The average Bonchev–Trinajstić information content (AvgIpc) is 2.21. The highest BCUT2D eigenvalue weighted by molar-refractivity contribution is 5.94. The molecule has 0 saturated heterocycles. The Morgan fingerprint density at radius 1 is 1.50 bits per heavy atom. The highest BCUT2D eigenvalue weighted by Gasteiger charge is 2.39. The van der Waals surface area contributed by atoms with E-state index >= 15 is 0 Å². The first-order valence-corrected chi connectivity index (χ1v) is 6.29. The Labute approximate surface area is 99.6 Å². The molecule has 16 heavy (non-hydrogen) atoms. The maximum atomic E-state index is 12.2. The van der Waals surface area contributed by atoms with Gasteiger partial charge < -0.3 is 0 Å².